The van der Waals surface area contributed by atoms with E-state index >= 15 is 0 Å². The average Bonchev–Trinajstić information content (AvgIpc) is 3.66. The van der Waals surface area contributed by atoms with E-state index in [1.807, 2.05) is 29.3 Å². The number of ether oxygens (including phenoxy) is 1. The summed E-state index contributed by atoms with van der Waals surface area (Å²) in [4.78, 5) is 25.5. The molecule has 2 saturated carbocycles. The molecule has 4 aromatic rings. The van der Waals surface area contributed by atoms with E-state index in [2.05, 4.69) is 40.1 Å². The van der Waals surface area contributed by atoms with Crippen LogP contribution < -0.4 is 10.5 Å². The Morgan fingerprint density at radius 2 is 2.03 bits per heavy atom. The zero-order valence-corrected chi connectivity index (χ0v) is 22.4. The molecule has 2 aliphatic carbocycles. The van der Waals surface area contributed by atoms with E-state index in [9.17, 15) is 4.79 Å². The number of hydrogen-bond acceptors (Lipinski definition) is 5. The van der Waals surface area contributed by atoms with Crippen LogP contribution in [0.4, 0.5) is 0 Å². The molecule has 198 valence electrons. The molecule has 0 radical (unpaired) electrons. The fraction of sp³-hybridized carbons (Fsp3) is 0.500. The number of carbonyl (C=O) groups excluding carboxylic acids is 1. The van der Waals surface area contributed by atoms with Crippen LogP contribution in [-0.2, 0) is 13.1 Å². The lowest BCUT2D eigenvalue weighted by Crippen LogP contribution is -2.41. The summed E-state index contributed by atoms with van der Waals surface area (Å²) in [5.74, 6) is 3.41. The first-order valence-corrected chi connectivity index (χ1v) is 14.1. The van der Waals surface area contributed by atoms with Crippen LogP contribution in [0.25, 0.3) is 33.6 Å². The monoisotopic (exact) mass is 512 g/mol. The minimum atomic E-state index is 0.0311. The fourth-order valence-corrected chi connectivity index (χ4v) is 7.40. The molecule has 4 heterocycles. The minimum Gasteiger partial charge on any atom is -0.494 e. The smallest absolute Gasteiger partial charge is 0.254 e. The van der Waals surface area contributed by atoms with Gasteiger partial charge in [0.15, 0.2) is 5.82 Å². The number of likely N-dealkylation sites (tertiary alicyclic amines) is 1. The van der Waals surface area contributed by atoms with Gasteiger partial charge in [-0.1, -0.05) is 6.92 Å². The van der Waals surface area contributed by atoms with Crippen molar-refractivity contribution >= 4 is 28.0 Å². The van der Waals surface area contributed by atoms with Crippen molar-refractivity contribution in [3.63, 3.8) is 0 Å². The third-order valence-corrected chi connectivity index (χ3v) is 9.30. The third kappa shape index (κ3) is 3.49. The number of rotatable bonds is 6. The van der Waals surface area contributed by atoms with Gasteiger partial charge in [0.05, 0.1) is 18.3 Å². The first-order chi connectivity index (χ1) is 18.5. The lowest BCUT2D eigenvalue weighted by molar-refractivity contribution is 0.0700. The van der Waals surface area contributed by atoms with Gasteiger partial charge in [-0.25, -0.2) is 9.97 Å². The van der Waals surface area contributed by atoms with E-state index in [-0.39, 0.29) is 18.0 Å². The van der Waals surface area contributed by atoms with Crippen molar-refractivity contribution in [1.29, 1.82) is 0 Å². The quantitative estimate of drug-likeness (QED) is 0.405. The molecule has 3 fully saturated rings. The fourth-order valence-electron chi connectivity index (χ4n) is 7.40. The zero-order valence-electron chi connectivity index (χ0n) is 22.4. The maximum atomic E-state index is 13.7. The van der Waals surface area contributed by atoms with Gasteiger partial charge in [0.1, 0.15) is 16.9 Å². The molecule has 3 unspecified atom stereocenters. The summed E-state index contributed by atoms with van der Waals surface area (Å²) < 4.78 is 10.5. The Morgan fingerprint density at radius 1 is 1.18 bits per heavy atom. The number of pyridine rings is 1. The predicted molar refractivity (Wildman–Crippen MR) is 148 cm³/mol. The number of imidazole rings is 1. The molecule has 0 spiro atoms. The molecule has 3 atom stereocenters. The van der Waals surface area contributed by atoms with Crippen LogP contribution in [0.5, 0.6) is 5.75 Å². The number of aryl methyl sites for hydroxylation is 1. The number of hydrogen-bond donors (Lipinski definition) is 1. The third-order valence-electron chi connectivity index (χ3n) is 9.30. The summed E-state index contributed by atoms with van der Waals surface area (Å²) in [6.45, 7) is 6.87. The number of nitrogens with zero attached hydrogens (tertiary/aromatic N) is 5. The van der Waals surface area contributed by atoms with Gasteiger partial charge in [-0.15, -0.1) is 0 Å². The van der Waals surface area contributed by atoms with Crippen LogP contribution >= 0.6 is 0 Å². The van der Waals surface area contributed by atoms with Gasteiger partial charge in [0.25, 0.3) is 5.91 Å². The Kier molecular flexibility index (Phi) is 5.51. The van der Waals surface area contributed by atoms with Crippen molar-refractivity contribution in [1.82, 2.24) is 24.0 Å². The van der Waals surface area contributed by atoms with Gasteiger partial charge in [-0.2, -0.15) is 0 Å². The van der Waals surface area contributed by atoms with Gasteiger partial charge in [0.2, 0.25) is 0 Å². The van der Waals surface area contributed by atoms with E-state index in [0.717, 1.165) is 72.0 Å². The van der Waals surface area contributed by atoms with Crippen LogP contribution in [-0.4, -0.2) is 55.6 Å². The first kappa shape index (κ1) is 23.7. The van der Waals surface area contributed by atoms with Crippen LogP contribution in [0.2, 0.25) is 0 Å². The topological polar surface area (TPSA) is 91.2 Å². The lowest BCUT2D eigenvalue weighted by atomic mass is 9.76. The Morgan fingerprint density at radius 3 is 2.71 bits per heavy atom. The molecule has 2 N–H and O–H groups in total. The summed E-state index contributed by atoms with van der Waals surface area (Å²) in [5, 5.41) is 1.10. The predicted octanol–water partition coefficient (Wildman–Crippen LogP) is 4.69. The highest BCUT2D eigenvalue weighted by Crippen LogP contribution is 2.41. The number of nitrogens with two attached hydrogens (primary N) is 1. The average molecular weight is 513 g/mol. The number of benzene rings is 1. The minimum absolute atomic E-state index is 0.0311. The molecule has 2 bridgehead atoms. The van der Waals surface area contributed by atoms with Crippen molar-refractivity contribution in [3.8, 4) is 17.3 Å². The van der Waals surface area contributed by atoms with Crippen LogP contribution in [0.15, 0.2) is 36.5 Å². The lowest BCUT2D eigenvalue weighted by Gasteiger charge is -2.33. The second kappa shape index (κ2) is 8.83. The molecule has 1 saturated heterocycles. The van der Waals surface area contributed by atoms with Crippen LogP contribution in [0, 0.1) is 17.8 Å². The van der Waals surface area contributed by atoms with E-state index < -0.39 is 0 Å². The highest BCUT2D eigenvalue weighted by Gasteiger charge is 2.47. The van der Waals surface area contributed by atoms with Gasteiger partial charge in [-0.05, 0) is 80.7 Å². The highest BCUT2D eigenvalue weighted by molar-refractivity contribution is 6.00. The van der Waals surface area contributed by atoms with Gasteiger partial charge < -0.3 is 24.5 Å². The van der Waals surface area contributed by atoms with Crippen molar-refractivity contribution in [3.05, 3.63) is 42.1 Å². The first-order valence-electron chi connectivity index (χ1n) is 14.1. The zero-order chi connectivity index (χ0) is 26.1. The van der Waals surface area contributed by atoms with Crippen molar-refractivity contribution < 1.29 is 9.53 Å². The molecule has 8 nitrogen and oxygen atoms in total. The van der Waals surface area contributed by atoms with Crippen LogP contribution in [0.3, 0.4) is 0 Å². The summed E-state index contributed by atoms with van der Waals surface area (Å²) in [6.07, 6.45) is 6.38. The molecule has 1 aliphatic heterocycles. The molecular formula is C30H36N6O2. The van der Waals surface area contributed by atoms with E-state index in [1.165, 1.54) is 12.8 Å². The number of carbonyl (C=O) groups is 1. The largest absolute Gasteiger partial charge is 0.494 e. The number of amides is 1. The summed E-state index contributed by atoms with van der Waals surface area (Å²) in [5.41, 5.74) is 10.8. The van der Waals surface area contributed by atoms with Gasteiger partial charge in [0, 0.05) is 48.9 Å². The van der Waals surface area contributed by atoms with Gasteiger partial charge in [-0.3, -0.25) is 4.79 Å². The number of methoxy groups -OCH3 is 1. The normalized spacial score (nSPS) is 26.4. The molecule has 38 heavy (non-hydrogen) atoms. The molecule has 8 heteroatoms. The second-order valence-corrected chi connectivity index (χ2v) is 11.7. The van der Waals surface area contributed by atoms with Crippen molar-refractivity contribution in [2.24, 2.45) is 23.5 Å². The number of aromatic nitrogens is 4. The number of fused-ring (bicyclic) bond motifs is 4. The van der Waals surface area contributed by atoms with Gasteiger partial charge >= 0.3 is 0 Å². The van der Waals surface area contributed by atoms with E-state index in [4.69, 9.17) is 15.5 Å². The summed E-state index contributed by atoms with van der Waals surface area (Å²) >= 11 is 0. The summed E-state index contributed by atoms with van der Waals surface area (Å²) in [6, 6.07) is 10.4. The molecular weight excluding hydrogens is 476 g/mol. The SMILES string of the molecule is CCn1c(-c2nc3cc(C(=O)N4CC5CCC4C5N)cc(OC)c3n2CC2CC(C)C2)cc2cccnc21. The van der Waals surface area contributed by atoms with Crippen LogP contribution in [0.1, 0.15) is 49.9 Å². The Hall–Kier alpha value is -3.39. The number of piperidine rings is 1. The van der Waals surface area contributed by atoms with Crippen molar-refractivity contribution in [2.45, 2.75) is 64.7 Å². The Bertz CT molecular complexity index is 1550. The molecule has 1 amide bonds. The maximum Gasteiger partial charge on any atom is 0.254 e. The second-order valence-electron chi connectivity index (χ2n) is 11.7. The molecule has 7 rings (SSSR count). The molecule has 1 aromatic carbocycles. The maximum absolute atomic E-state index is 13.7. The summed E-state index contributed by atoms with van der Waals surface area (Å²) in [7, 11) is 1.69. The van der Waals surface area contributed by atoms with E-state index in [0.29, 0.717) is 23.1 Å². The standard InChI is InChI=1S/C30H36N6O2/c1-4-34-24(13-19-6-5-9-32-28(19)34)29-33-22-12-21(30(37)35-16-20-7-8-23(35)26(20)31)14-25(38-3)27(22)36(29)15-18-10-17(2)11-18/h5-6,9,12-14,17-18,20,23,26H,4,7-8,10-11,15-16,31H2,1-3H3. The Labute approximate surface area is 222 Å². The molecule has 3 aliphatic rings. The van der Waals surface area contributed by atoms with E-state index in [1.54, 1.807) is 7.11 Å². The Balaban J connectivity index is 1.38. The van der Waals surface area contributed by atoms with Crippen molar-refractivity contribution in [2.75, 3.05) is 13.7 Å². The molecule has 3 aromatic heterocycles. The highest BCUT2D eigenvalue weighted by atomic mass is 16.5.